The Morgan fingerprint density at radius 1 is 1.03 bits per heavy atom. The molecule has 0 saturated heterocycles. The number of carbonyl (C=O) groups is 1. The quantitative estimate of drug-likeness (QED) is 0.133. The van der Waals surface area contributed by atoms with Crippen molar-refractivity contribution in [3.63, 3.8) is 0 Å². The van der Waals surface area contributed by atoms with Crippen LogP contribution in [0.4, 0.5) is 0 Å². The van der Waals surface area contributed by atoms with Gasteiger partial charge in [0.25, 0.3) is 0 Å². The number of esters is 1. The molecule has 0 saturated carbocycles. The van der Waals surface area contributed by atoms with Gasteiger partial charge >= 0.3 is 5.97 Å². The van der Waals surface area contributed by atoms with Crippen LogP contribution in [-0.4, -0.2) is 25.1 Å². The molecule has 172 valence electrons. The third-order valence-electron chi connectivity index (χ3n) is 4.96. The molecule has 0 spiro atoms. The Kier molecular flexibility index (Phi) is 7.47. The van der Waals surface area contributed by atoms with Crippen molar-refractivity contribution in [3.05, 3.63) is 99.3 Å². The molecule has 34 heavy (non-hydrogen) atoms. The molecular formula is C28H24INO4. The van der Waals surface area contributed by atoms with E-state index in [2.05, 4.69) is 46.3 Å². The summed E-state index contributed by atoms with van der Waals surface area (Å²) < 4.78 is 18.0. The lowest BCUT2D eigenvalue weighted by atomic mass is 10.0. The number of hydrogen-bond acceptors (Lipinski definition) is 5. The van der Waals surface area contributed by atoms with Crippen LogP contribution < -0.4 is 9.47 Å². The fourth-order valence-electron chi connectivity index (χ4n) is 3.40. The van der Waals surface area contributed by atoms with E-state index in [4.69, 9.17) is 14.2 Å². The molecule has 1 aliphatic heterocycles. The van der Waals surface area contributed by atoms with Crippen LogP contribution in [0.2, 0.25) is 0 Å². The van der Waals surface area contributed by atoms with Gasteiger partial charge in [0.1, 0.15) is 6.61 Å². The number of rotatable bonds is 8. The molecule has 3 aromatic rings. The maximum absolute atomic E-state index is 12.5. The Morgan fingerprint density at radius 3 is 2.38 bits per heavy atom. The number of halogens is 1. The number of nitrogens with zero attached hydrogens (tertiary/aromatic N) is 1. The summed E-state index contributed by atoms with van der Waals surface area (Å²) in [6.07, 6.45) is 1.70. The van der Waals surface area contributed by atoms with Crippen LogP contribution >= 0.6 is 22.6 Å². The Morgan fingerprint density at radius 2 is 1.71 bits per heavy atom. The summed E-state index contributed by atoms with van der Waals surface area (Å²) in [6, 6.07) is 21.6. The van der Waals surface area contributed by atoms with Gasteiger partial charge in [0, 0.05) is 5.56 Å². The van der Waals surface area contributed by atoms with Gasteiger partial charge in [-0.25, -0.2) is 9.79 Å². The van der Waals surface area contributed by atoms with Crippen LogP contribution in [0.5, 0.6) is 11.5 Å². The minimum atomic E-state index is -0.488. The molecule has 6 heteroatoms. The average Bonchev–Trinajstić information content (AvgIpc) is 3.19. The van der Waals surface area contributed by atoms with E-state index in [9.17, 15) is 4.79 Å². The van der Waals surface area contributed by atoms with Crippen molar-refractivity contribution in [3.8, 4) is 22.6 Å². The van der Waals surface area contributed by atoms with E-state index in [-0.39, 0.29) is 11.6 Å². The van der Waals surface area contributed by atoms with E-state index >= 15 is 0 Å². The van der Waals surface area contributed by atoms with Gasteiger partial charge in [-0.15, -0.1) is 0 Å². The molecule has 0 aliphatic carbocycles. The molecule has 5 nitrogen and oxygen atoms in total. The largest absolute Gasteiger partial charge is 0.490 e. The number of carbonyl (C=O) groups excluding carboxylic acids is 1. The maximum Gasteiger partial charge on any atom is 0.363 e. The van der Waals surface area contributed by atoms with Crippen LogP contribution in [0.3, 0.4) is 0 Å². The normalized spacial score (nSPS) is 14.0. The zero-order valence-electron chi connectivity index (χ0n) is 19.0. The third kappa shape index (κ3) is 5.56. The zero-order chi connectivity index (χ0) is 24.1. The molecule has 0 atom stereocenters. The van der Waals surface area contributed by atoms with E-state index in [1.54, 1.807) is 6.08 Å². The number of cyclic esters (lactones) is 1. The van der Waals surface area contributed by atoms with Gasteiger partial charge in [0.2, 0.25) is 5.90 Å². The number of ether oxygens (including phenoxy) is 3. The van der Waals surface area contributed by atoms with E-state index in [0.29, 0.717) is 24.7 Å². The molecule has 0 amide bonds. The molecule has 0 bridgehead atoms. The molecule has 0 unspecified atom stereocenters. The summed E-state index contributed by atoms with van der Waals surface area (Å²) in [4.78, 5) is 17.0. The fraction of sp³-hybridized carbons (Fsp3) is 0.143. The first-order chi connectivity index (χ1) is 16.4. The Balaban J connectivity index is 1.60. The molecular weight excluding hydrogens is 541 g/mol. The Bertz CT molecular complexity index is 1280. The van der Waals surface area contributed by atoms with E-state index < -0.39 is 5.97 Å². The zero-order valence-corrected chi connectivity index (χ0v) is 21.2. The minimum absolute atomic E-state index is 0.232. The second kappa shape index (κ2) is 10.7. The predicted molar refractivity (Wildman–Crippen MR) is 143 cm³/mol. The smallest absolute Gasteiger partial charge is 0.363 e. The van der Waals surface area contributed by atoms with Gasteiger partial charge in [-0.05, 0) is 89.0 Å². The highest BCUT2D eigenvalue weighted by Crippen LogP contribution is 2.35. The topological polar surface area (TPSA) is 57.1 Å². The standard InChI is InChI=1S/C28H24INO4/c1-4-32-25-16-19(14-23(29)26(25)33-17-18(2)3)15-24-28(31)34-27(30-24)22-12-10-21(11-13-22)20-8-6-5-7-9-20/h5-16H,2,4,17H2,1,3H3/b24-15-. The van der Waals surface area contributed by atoms with Crippen molar-refractivity contribution >= 4 is 40.5 Å². The van der Waals surface area contributed by atoms with Gasteiger partial charge < -0.3 is 14.2 Å². The second-order valence-corrected chi connectivity index (χ2v) is 8.95. The first kappa shape index (κ1) is 23.8. The Labute approximate surface area is 212 Å². The summed E-state index contributed by atoms with van der Waals surface area (Å²) in [6.45, 7) is 8.59. The SMILES string of the molecule is C=C(C)COc1c(I)cc(/C=C2\N=C(c3ccc(-c4ccccc4)cc3)OC2=O)cc1OCC. The van der Waals surface area contributed by atoms with Crippen molar-refractivity contribution in [1.82, 2.24) is 0 Å². The van der Waals surface area contributed by atoms with Crippen molar-refractivity contribution in [1.29, 1.82) is 0 Å². The first-order valence-electron chi connectivity index (χ1n) is 10.9. The van der Waals surface area contributed by atoms with Crippen molar-refractivity contribution in [2.45, 2.75) is 13.8 Å². The Hall–Kier alpha value is -3.39. The molecule has 0 aromatic heterocycles. The van der Waals surface area contributed by atoms with Gasteiger partial charge in [-0.3, -0.25) is 0 Å². The lowest BCUT2D eigenvalue weighted by Crippen LogP contribution is -2.05. The highest BCUT2D eigenvalue weighted by molar-refractivity contribution is 14.1. The molecule has 0 N–H and O–H groups in total. The maximum atomic E-state index is 12.5. The lowest BCUT2D eigenvalue weighted by Gasteiger charge is -2.14. The highest BCUT2D eigenvalue weighted by atomic mass is 127. The van der Waals surface area contributed by atoms with Crippen molar-refractivity contribution in [2.24, 2.45) is 4.99 Å². The van der Waals surface area contributed by atoms with Crippen LogP contribution in [-0.2, 0) is 9.53 Å². The average molecular weight is 565 g/mol. The van der Waals surface area contributed by atoms with Gasteiger partial charge in [0.15, 0.2) is 17.2 Å². The number of aliphatic imine (C=N–C) groups is 1. The van der Waals surface area contributed by atoms with E-state index in [1.165, 1.54) is 0 Å². The van der Waals surface area contributed by atoms with Crippen LogP contribution in [0.15, 0.2) is 89.6 Å². The number of benzene rings is 3. The molecule has 1 aliphatic rings. The fourth-order valence-corrected chi connectivity index (χ4v) is 4.18. The van der Waals surface area contributed by atoms with Gasteiger partial charge in [0.05, 0.1) is 10.2 Å². The van der Waals surface area contributed by atoms with Crippen LogP contribution in [0, 0.1) is 3.57 Å². The van der Waals surface area contributed by atoms with Crippen molar-refractivity contribution in [2.75, 3.05) is 13.2 Å². The first-order valence-corrected chi connectivity index (χ1v) is 11.9. The summed E-state index contributed by atoms with van der Waals surface area (Å²) in [5.74, 6) is 1.06. The molecule has 4 rings (SSSR count). The molecule has 3 aromatic carbocycles. The number of hydrogen-bond donors (Lipinski definition) is 0. The summed E-state index contributed by atoms with van der Waals surface area (Å²) in [5.41, 5.74) is 4.86. The minimum Gasteiger partial charge on any atom is -0.490 e. The summed E-state index contributed by atoms with van der Waals surface area (Å²) >= 11 is 2.20. The van der Waals surface area contributed by atoms with Crippen LogP contribution in [0.1, 0.15) is 25.0 Å². The van der Waals surface area contributed by atoms with E-state index in [1.807, 2.05) is 68.4 Å². The molecule has 0 radical (unpaired) electrons. The van der Waals surface area contributed by atoms with Gasteiger partial charge in [-0.1, -0.05) is 49.0 Å². The highest BCUT2D eigenvalue weighted by Gasteiger charge is 2.24. The second-order valence-electron chi connectivity index (χ2n) is 7.79. The summed E-state index contributed by atoms with van der Waals surface area (Å²) in [5, 5.41) is 0. The van der Waals surface area contributed by atoms with Crippen LogP contribution in [0.25, 0.3) is 17.2 Å². The van der Waals surface area contributed by atoms with Gasteiger partial charge in [-0.2, -0.15) is 0 Å². The predicted octanol–water partition coefficient (Wildman–Crippen LogP) is 6.66. The lowest BCUT2D eigenvalue weighted by molar-refractivity contribution is -0.129. The summed E-state index contributed by atoms with van der Waals surface area (Å²) in [7, 11) is 0. The monoisotopic (exact) mass is 565 g/mol. The van der Waals surface area contributed by atoms with E-state index in [0.717, 1.165) is 31.4 Å². The third-order valence-corrected chi connectivity index (χ3v) is 5.76. The molecule has 0 fully saturated rings. The molecule has 1 heterocycles. The van der Waals surface area contributed by atoms with Crippen molar-refractivity contribution < 1.29 is 19.0 Å².